The van der Waals surface area contributed by atoms with Gasteiger partial charge in [-0.05, 0) is 43.3 Å². The number of aromatic nitrogens is 1. The van der Waals surface area contributed by atoms with E-state index < -0.39 is 18.5 Å². The molecule has 3 aromatic rings. The first-order valence-electron chi connectivity index (χ1n) is 8.31. The number of nitrogens with zero attached hydrogens (tertiary/aromatic N) is 1. The molecule has 1 aromatic heterocycles. The summed E-state index contributed by atoms with van der Waals surface area (Å²) in [5.74, 6) is -0.329. The number of para-hydroxylation sites is 1. The molecule has 28 heavy (non-hydrogen) atoms. The first kappa shape index (κ1) is 19.9. The Bertz CT molecular complexity index is 1000. The van der Waals surface area contributed by atoms with Crippen molar-refractivity contribution in [1.82, 2.24) is 4.98 Å². The van der Waals surface area contributed by atoms with Crippen molar-refractivity contribution in [2.75, 3.05) is 19.0 Å². The van der Waals surface area contributed by atoms with Crippen LogP contribution in [0.25, 0.3) is 10.6 Å². The van der Waals surface area contributed by atoms with Crippen LogP contribution in [0.1, 0.15) is 15.4 Å². The number of carbonyl (C=O) groups is 2. The van der Waals surface area contributed by atoms with Gasteiger partial charge in [0.1, 0.15) is 15.6 Å². The van der Waals surface area contributed by atoms with E-state index in [2.05, 4.69) is 10.3 Å². The van der Waals surface area contributed by atoms with Gasteiger partial charge in [-0.1, -0.05) is 23.7 Å². The summed E-state index contributed by atoms with van der Waals surface area (Å²) in [5, 5.41) is 3.70. The van der Waals surface area contributed by atoms with E-state index in [1.54, 1.807) is 38.3 Å². The molecule has 0 radical (unpaired) electrons. The van der Waals surface area contributed by atoms with Crippen molar-refractivity contribution in [3.63, 3.8) is 0 Å². The smallest absolute Gasteiger partial charge is 0.350 e. The van der Waals surface area contributed by atoms with Crippen molar-refractivity contribution in [2.45, 2.75) is 6.92 Å². The second-order valence-electron chi connectivity index (χ2n) is 5.77. The Morgan fingerprint density at radius 3 is 2.54 bits per heavy atom. The van der Waals surface area contributed by atoms with Crippen molar-refractivity contribution in [3.8, 4) is 16.3 Å². The second-order valence-corrected chi connectivity index (χ2v) is 7.17. The lowest BCUT2D eigenvalue weighted by Crippen LogP contribution is -2.21. The maximum Gasteiger partial charge on any atom is 0.350 e. The molecular formula is C20H17ClN2O4S. The maximum atomic E-state index is 12.4. The Labute approximate surface area is 171 Å². The highest BCUT2D eigenvalue weighted by Crippen LogP contribution is 2.29. The Hall–Kier alpha value is -2.90. The predicted octanol–water partition coefficient (Wildman–Crippen LogP) is 4.58. The van der Waals surface area contributed by atoms with Crippen LogP contribution < -0.4 is 10.1 Å². The lowest BCUT2D eigenvalue weighted by molar-refractivity contribution is -0.119. The summed E-state index contributed by atoms with van der Waals surface area (Å²) in [6.07, 6.45) is 0. The quantitative estimate of drug-likeness (QED) is 0.595. The topological polar surface area (TPSA) is 77.5 Å². The number of halogens is 1. The van der Waals surface area contributed by atoms with Crippen LogP contribution in [0.15, 0.2) is 48.5 Å². The minimum absolute atomic E-state index is 0.358. The van der Waals surface area contributed by atoms with Crippen LogP contribution in [-0.4, -0.2) is 30.6 Å². The number of anilines is 1. The summed E-state index contributed by atoms with van der Waals surface area (Å²) in [6, 6.07) is 14.2. The molecule has 0 spiro atoms. The molecular weight excluding hydrogens is 400 g/mol. The number of hydrogen-bond acceptors (Lipinski definition) is 6. The molecule has 0 saturated carbocycles. The van der Waals surface area contributed by atoms with E-state index in [9.17, 15) is 9.59 Å². The van der Waals surface area contributed by atoms with Gasteiger partial charge in [0.2, 0.25) is 0 Å². The Morgan fingerprint density at radius 1 is 1.14 bits per heavy atom. The summed E-state index contributed by atoms with van der Waals surface area (Å²) < 4.78 is 10.3. The van der Waals surface area contributed by atoms with Crippen LogP contribution >= 0.6 is 22.9 Å². The predicted molar refractivity (Wildman–Crippen MR) is 109 cm³/mol. The number of nitrogens with one attached hydrogen (secondary N) is 1. The summed E-state index contributed by atoms with van der Waals surface area (Å²) >= 11 is 7.20. The number of thiazole rings is 1. The maximum absolute atomic E-state index is 12.4. The first-order chi connectivity index (χ1) is 13.5. The number of carbonyl (C=O) groups excluding carboxylic acids is 2. The van der Waals surface area contributed by atoms with Crippen molar-refractivity contribution in [2.24, 2.45) is 0 Å². The number of esters is 1. The van der Waals surface area contributed by atoms with Crippen LogP contribution in [-0.2, 0) is 9.53 Å². The summed E-state index contributed by atoms with van der Waals surface area (Å²) in [7, 11) is 1.60. The number of amides is 1. The van der Waals surface area contributed by atoms with E-state index in [1.165, 1.54) is 11.3 Å². The molecule has 0 aliphatic rings. The average molecular weight is 417 g/mol. The minimum Gasteiger partial charge on any atom is -0.497 e. The second kappa shape index (κ2) is 8.86. The normalized spacial score (nSPS) is 10.4. The van der Waals surface area contributed by atoms with Gasteiger partial charge in [-0.15, -0.1) is 11.3 Å². The molecule has 0 bridgehead atoms. The highest BCUT2D eigenvalue weighted by Gasteiger charge is 2.19. The van der Waals surface area contributed by atoms with E-state index in [4.69, 9.17) is 21.1 Å². The van der Waals surface area contributed by atoms with Gasteiger partial charge in [0.05, 0.1) is 23.5 Å². The number of aryl methyl sites for hydroxylation is 1. The fourth-order valence-electron chi connectivity index (χ4n) is 2.39. The molecule has 0 aliphatic heterocycles. The van der Waals surface area contributed by atoms with Gasteiger partial charge in [-0.3, -0.25) is 4.79 Å². The lowest BCUT2D eigenvalue weighted by Gasteiger charge is -2.07. The lowest BCUT2D eigenvalue weighted by atomic mass is 10.2. The first-order valence-corrected chi connectivity index (χ1v) is 9.50. The third-order valence-electron chi connectivity index (χ3n) is 3.80. The third-order valence-corrected chi connectivity index (χ3v) is 5.32. The molecule has 1 heterocycles. The Kier molecular flexibility index (Phi) is 6.28. The van der Waals surface area contributed by atoms with Crippen LogP contribution in [0.5, 0.6) is 5.75 Å². The zero-order chi connectivity index (χ0) is 20.1. The summed E-state index contributed by atoms with van der Waals surface area (Å²) in [5.41, 5.74) is 1.87. The number of benzene rings is 2. The molecule has 3 rings (SSSR count). The molecule has 1 amide bonds. The number of rotatable bonds is 6. The van der Waals surface area contributed by atoms with E-state index in [0.717, 1.165) is 11.3 Å². The van der Waals surface area contributed by atoms with Gasteiger partial charge in [-0.2, -0.15) is 0 Å². The highest BCUT2D eigenvalue weighted by atomic mass is 35.5. The standard InChI is InChI=1S/C20H17ClN2O4S/c1-12-18(28-19(22-12)13-7-9-14(26-2)10-8-13)20(25)27-11-17(24)23-16-6-4-3-5-15(16)21/h3-10H,11H2,1-2H3,(H,23,24). The fourth-order valence-corrected chi connectivity index (χ4v) is 3.54. The van der Waals surface area contributed by atoms with Gasteiger partial charge in [0.25, 0.3) is 5.91 Å². The van der Waals surface area contributed by atoms with Crippen LogP contribution in [0.4, 0.5) is 5.69 Å². The van der Waals surface area contributed by atoms with Crippen molar-refractivity contribution >= 4 is 40.5 Å². The van der Waals surface area contributed by atoms with Crippen molar-refractivity contribution in [1.29, 1.82) is 0 Å². The molecule has 1 N–H and O–H groups in total. The third kappa shape index (κ3) is 4.68. The van der Waals surface area contributed by atoms with Gasteiger partial charge in [-0.25, -0.2) is 9.78 Å². The number of ether oxygens (including phenoxy) is 2. The molecule has 0 aliphatic carbocycles. The van der Waals surface area contributed by atoms with Crippen LogP contribution in [0, 0.1) is 6.92 Å². The molecule has 6 nitrogen and oxygen atoms in total. The fraction of sp³-hybridized carbons (Fsp3) is 0.150. The minimum atomic E-state index is -0.593. The van der Waals surface area contributed by atoms with Crippen LogP contribution in [0.3, 0.4) is 0 Å². The van der Waals surface area contributed by atoms with Crippen LogP contribution in [0.2, 0.25) is 5.02 Å². The van der Waals surface area contributed by atoms with Gasteiger partial charge in [0, 0.05) is 5.56 Å². The Balaban J connectivity index is 1.63. The molecule has 2 aromatic carbocycles. The Morgan fingerprint density at radius 2 is 1.86 bits per heavy atom. The zero-order valence-corrected chi connectivity index (χ0v) is 16.8. The molecule has 0 atom stereocenters. The monoisotopic (exact) mass is 416 g/mol. The van der Waals surface area contributed by atoms with E-state index in [0.29, 0.717) is 26.3 Å². The number of methoxy groups -OCH3 is 1. The van der Waals surface area contributed by atoms with E-state index >= 15 is 0 Å². The largest absolute Gasteiger partial charge is 0.497 e. The molecule has 0 unspecified atom stereocenters. The summed E-state index contributed by atoms with van der Waals surface area (Å²) in [6.45, 7) is 1.31. The van der Waals surface area contributed by atoms with Gasteiger partial charge >= 0.3 is 5.97 Å². The molecule has 0 saturated heterocycles. The highest BCUT2D eigenvalue weighted by molar-refractivity contribution is 7.17. The average Bonchev–Trinajstić information content (AvgIpc) is 3.10. The zero-order valence-electron chi connectivity index (χ0n) is 15.2. The van der Waals surface area contributed by atoms with Crippen molar-refractivity contribution in [3.05, 3.63) is 64.1 Å². The van der Waals surface area contributed by atoms with E-state index in [1.807, 2.05) is 24.3 Å². The van der Waals surface area contributed by atoms with Crippen molar-refractivity contribution < 1.29 is 19.1 Å². The van der Waals surface area contributed by atoms with Gasteiger partial charge < -0.3 is 14.8 Å². The summed E-state index contributed by atoms with van der Waals surface area (Å²) in [4.78, 5) is 29.1. The van der Waals surface area contributed by atoms with E-state index in [-0.39, 0.29) is 0 Å². The number of hydrogen-bond donors (Lipinski definition) is 1. The molecule has 0 fully saturated rings. The SMILES string of the molecule is COc1ccc(-c2nc(C)c(C(=O)OCC(=O)Nc3ccccc3Cl)s2)cc1. The molecule has 8 heteroatoms. The van der Waals surface area contributed by atoms with Gasteiger partial charge in [0.15, 0.2) is 6.61 Å². The molecule has 144 valence electrons.